The van der Waals surface area contributed by atoms with Crippen LogP contribution in [-0.2, 0) is 0 Å². The molecule has 0 bridgehead atoms. The van der Waals surface area contributed by atoms with Crippen molar-refractivity contribution < 1.29 is 10.2 Å². The summed E-state index contributed by atoms with van der Waals surface area (Å²) in [5.74, 6) is -0.196. The molecule has 0 fully saturated rings. The fraction of sp³-hybridized carbons (Fsp3) is 0.0476. The Bertz CT molecular complexity index is 1140. The number of hydrogen-bond acceptors (Lipinski definition) is 4. The standard InChI is InChI=1S/C21H14Cl4N2O2/c1-11-2-3-16(26-9-12-4-14(22)6-17(24)20(12)28)8-19(11)27-10-13-5-15(23)7-18(25)21(13)29/h2-10,28-29H,1H3. The summed E-state index contributed by atoms with van der Waals surface area (Å²) in [7, 11) is 0. The van der Waals surface area contributed by atoms with Crippen LogP contribution < -0.4 is 0 Å². The number of rotatable bonds is 4. The van der Waals surface area contributed by atoms with Gasteiger partial charge in [0.15, 0.2) is 0 Å². The summed E-state index contributed by atoms with van der Waals surface area (Å²) >= 11 is 23.8. The van der Waals surface area contributed by atoms with Crippen molar-refractivity contribution in [1.82, 2.24) is 0 Å². The molecule has 0 aliphatic rings. The van der Waals surface area contributed by atoms with Crippen molar-refractivity contribution in [1.29, 1.82) is 0 Å². The molecule has 3 aromatic carbocycles. The first-order valence-electron chi connectivity index (χ1n) is 8.29. The first-order chi connectivity index (χ1) is 13.7. The summed E-state index contributed by atoms with van der Waals surface area (Å²) in [6.07, 6.45) is 2.94. The topological polar surface area (TPSA) is 65.2 Å². The number of phenolic OH excluding ortho intramolecular Hbond substituents is 2. The third kappa shape index (κ3) is 5.22. The molecular weight excluding hydrogens is 454 g/mol. The van der Waals surface area contributed by atoms with Crippen LogP contribution in [-0.4, -0.2) is 22.6 Å². The highest BCUT2D eigenvalue weighted by Gasteiger charge is 2.08. The number of hydrogen-bond donors (Lipinski definition) is 2. The summed E-state index contributed by atoms with van der Waals surface area (Å²) in [5, 5.41) is 21.2. The van der Waals surface area contributed by atoms with Gasteiger partial charge in [0.25, 0.3) is 0 Å². The SMILES string of the molecule is Cc1ccc(N=Cc2cc(Cl)cc(Cl)c2O)cc1N=Cc1cc(Cl)cc(Cl)c1O. The quantitative estimate of drug-likeness (QED) is 0.389. The molecule has 0 aliphatic heterocycles. The van der Waals surface area contributed by atoms with E-state index < -0.39 is 0 Å². The van der Waals surface area contributed by atoms with Crippen molar-refractivity contribution in [3.8, 4) is 11.5 Å². The molecule has 0 unspecified atom stereocenters. The lowest BCUT2D eigenvalue weighted by molar-refractivity contribution is 0.474. The molecule has 0 amide bonds. The first-order valence-corrected chi connectivity index (χ1v) is 9.80. The monoisotopic (exact) mass is 466 g/mol. The van der Waals surface area contributed by atoms with Gasteiger partial charge in [-0.3, -0.25) is 9.98 Å². The van der Waals surface area contributed by atoms with Gasteiger partial charge in [0.1, 0.15) is 11.5 Å². The molecule has 0 saturated heterocycles. The minimum Gasteiger partial charge on any atom is -0.506 e. The van der Waals surface area contributed by atoms with Gasteiger partial charge >= 0.3 is 0 Å². The number of halogens is 4. The smallest absolute Gasteiger partial charge is 0.143 e. The van der Waals surface area contributed by atoms with Crippen LogP contribution in [0.3, 0.4) is 0 Å². The molecule has 0 spiro atoms. The van der Waals surface area contributed by atoms with Gasteiger partial charge in [0, 0.05) is 33.6 Å². The highest BCUT2D eigenvalue weighted by atomic mass is 35.5. The van der Waals surface area contributed by atoms with E-state index in [0.29, 0.717) is 32.5 Å². The Balaban J connectivity index is 1.91. The Hall–Kier alpha value is -2.24. The molecule has 29 heavy (non-hydrogen) atoms. The average molecular weight is 468 g/mol. The van der Waals surface area contributed by atoms with E-state index in [-0.39, 0.29) is 21.5 Å². The number of benzene rings is 3. The largest absolute Gasteiger partial charge is 0.506 e. The normalized spacial score (nSPS) is 11.6. The van der Waals surface area contributed by atoms with Gasteiger partial charge in [-0.25, -0.2) is 0 Å². The highest BCUT2D eigenvalue weighted by Crippen LogP contribution is 2.32. The van der Waals surface area contributed by atoms with Gasteiger partial charge in [-0.2, -0.15) is 0 Å². The van der Waals surface area contributed by atoms with E-state index >= 15 is 0 Å². The molecule has 0 radical (unpaired) electrons. The molecule has 0 atom stereocenters. The van der Waals surface area contributed by atoms with Crippen LogP contribution >= 0.6 is 46.4 Å². The van der Waals surface area contributed by atoms with Gasteiger partial charge in [-0.1, -0.05) is 52.5 Å². The Morgan fingerprint density at radius 3 is 1.79 bits per heavy atom. The highest BCUT2D eigenvalue weighted by molar-refractivity contribution is 6.36. The lowest BCUT2D eigenvalue weighted by Gasteiger charge is -2.05. The molecular formula is C21H14Cl4N2O2. The summed E-state index contributed by atoms with van der Waals surface area (Å²) in [4.78, 5) is 8.77. The fourth-order valence-electron chi connectivity index (χ4n) is 2.47. The molecule has 3 aromatic rings. The van der Waals surface area contributed by atoms with Gasteiger partial charge in [-0.15, -0.1) is 0 Å². The average Bonchev–Trinajstić information content (AvgIpc) is 2.66. The predicted molar refractivity (Wildman–Crippen MR) is 122 cm³/mol. The maximum absolute atomic E-state index is 10.1. The zero-order valence-corrected chi connectivity index (χ0v) is 18.0. The van der Waals surface area contributed by atoms with Crippen LogP contribution in [0.15, 0.2) is 52.4 Å². The van der Waals surface area contributed by atoms with E-state index in [1.165, 1.54) is 24.6 Å². The molecule has 4 nitrogen and oxygen atoms in total. The van der Waals surface area contributed by atoms with Crippen molar-refractivity contribution in [2.24, 2.45) is 9.98 Å². The predicted octanol–water partition coefficient (Wildman–Crippen LogP) is 7.52. The summed E-state index contributed by atoms with van der Waals surface area (Å²) in [6, 6.07) is 11.5. The van der Waals surface area contributed by atoms with Crippen molar-refractivity contribution in [3.63, 3.8) is 0 Å². The van der Waals surface area contributed by atoms with Crippen LogP contribution in [0.4, 0.5) is 11.4 Å². The second-order valence-corrected chi connectivity index (χ2v) is 7.83. The van der Waals surface area contributed by atoms with Crippen LogP contribution in [0.25, 0.3) is 0 Å². The lowest BCUT2D eigenvalue weighted by Crippen LogP contribution is -1.85. The van der Waals surface area contributed by atoms with Gasteiger partial charge in [-0.05, 0) is 48.9 Å². The molecule has 0 aromatic heterocycles. The van der Waals surface area contributed by atoms with Crippen molar-refractivity contribution in [2.75, 3.05) is 0 Å². The number of aromatic hydroxyl groups is 2. The van der Waals surface area contributed by atoms with Crippen LogP contribution in [0, 0.1) is 6.92 Å². The van der Waals surface area contributed by atoms with Crippen molar-refractivity contribution in [3.05, 3.63) is 79.2 Å². The molecule has 2 N–H and O–H groups in total. The summed E-state index contributed by atoms with van der Waals surface area (Å²) < 4.78 is 0. The van der Waals surface area contributed by atoms with E-state index in [4.69, 9.17) is 46.4 Å². The van der Waals surface area contributed by atoms with Gasteiger partial charge in [0.05, 0.1) is 21.4 Å². The van der Waals surface area contributed by atoms with E-state index in [1.54, 1.807) is 18.2 Å². The van der Waals surface area contributed by atoms with E-state index in [2.05, 4.69) is 9.98 Å². The molecule has 148 valence electrons. The zero-order valence-electron chi connectivity index (χ0n) is 15.0. The maximum atomic E-state index is 10.1. The van der Waals surface area contributed by atoms with Gasteiger partial charge in [0.2, 0.25) is 0 Å². The number of aliphatic imine (C=N–C) groups is 2. The first kappa shape index (κ1) is 21.5. The Kier molecular flexibility index (Phi) is 6.70. The summed E-state index contributed by atoms with van der Waals surface area (Å²) in [5.41, 5.74) is 2.94. The molecule has 8 heteroatoms. The minimum atomic E-state index is -0.0986. The molecule has 3 rings (SSSR count). The van der Waals surface area contributed by atoms with Crippen LogP contribution in [0.5, 0.6) is 11.5 Å². The fourth-order valence-corrected chi connectivity index (χ4v) is 3.49. The zero-order chi connectivity index (χ0) is 21.1. The van der Waals surface area contributed by atoms with Gasteiger partial charge < -0.3 is 10.2 Å². The maximum Gasteiger partial charge on any atom is 0.143 e. The Morgan fingerprint density at radius 2 is 1.24 bits per heavy atom. The summed E-state index contributed by atoms with van der Waals surface area (Å²) in [6.45, 7) is 1.90. The number of phenols is 2. The third-order valence-corrected chi connectivity index (χ3v) is 5.02. The minimum absolute atomic E-state index is 0.0973. The number of aryl methyl sites for hydroxylation is 1. The molecule has 0 saturated carbocycles. The van der Waals surface area contributed by atoms with E-state index in [0.717, 1.165) is 5.56 Å². The van der Waals surface area contributed by atoms with E-state index in [1.807, 2.05) is 19.1 Å². The Labute approximate surface area is 187 Å². The van der Waals surface area contributed by atoms with Crippen molar-refractivity contribution in [2.45, 2.75) is 6.92 Å². The van der Waals surface area contributed by atoms with Crippen molar-refractivity contribution >= 4 is 70.2 Å². The lowest BCUT2D eigenvalue weighted by atomic mass is 10.1. The second-order valence-electron chi connectivity index (χ2n) is 6.14. The Morgan fingerprint density at radius 1 is 0.724 bits per heavy atom. The molecule has 0 aliphatic carbocycles. The second kappa shape index (κ2) is 9.06. The van der Waals surface area contributed by atoms with E-state index in [9.17, 15) is 10.2 Å². The number of nitrogens with zero attached hydrogens (tertiary/aromatic N) is 2. The third-order valence-electron chi connectivity index (χ3n) is 4.00. The molecule has 0 heterocycles. The van der Waals surface area contributed by atoms with Crippen LogP contribution in [0.2, 0.25) is 20.1 Å². The van der Waals surface area contributed by atoms with Crippen LogP contribution in [0.1, 0.15) is 16.7 Å².